The monoisotopic (exact) mass is 136 g/mol. The molecule has 10 heavy (non-hydrogen) atoms. The van der Waals surface area contributed by atoms with Crippen LogP contribution in [0.5, 0.6) is 0 Å². The first kappa shape index (κ1) is 5.49. The smallest absolute Gasteiger partial charge is 0.166 e. The van der Waals surface area contributed by atoms with E-state index in [4.69, 9.17) is 0 Å². The van der Waals surface area contributed by atoms with E-state index in [0.29, 0.717) is 0 Å². The van der Waals surface area contributed by atoms with Gasteiger partial charge in [-0.15, -0.1) is 5.53 Å². The first-order valence-electron chi connectivity index (χ1n) is 3.10. The zero-order valence-corrected chi connectivity index (χ0v) is 5.60. The van der Waals surface area contributed by atoms with Crippen molar-refractivity contribution in [2.45, 2.75) is 6.92 Å². The average Bonchev–Trinajstić information content (AvgIpc) is 2.33. The van der Waals surface area contributed by atoms with Gasteiger partial charge in [0.2, 0.25) is 0 Å². The summed E-state index contributed by atoms with van der Waals surface area (Å²) < 4.78 is 0. The molecule has 3 N–H and O–H groups in total. The predicted octanol–water partition coefficient (Wildman–Crippen LogP) is 0.647. The van der Waals surface area contributed by atoms with E-state index in [0.717, 1.165) is 17.1 Å². The molecule has 4 heteroatoms. The van der Waals surface area contributed by atoms with Crippen LogP contribution in [0.25, 0.3) is 0 Å². The van der Waals surface area contributed by atoms with Crippen LogP contribution >= 0.6 is 0 Å². The lowest BCUT2D eigenvalue weighted by molar-refractivity contribution is 0.999. The summed E-state index contributed by atoms with van der Waals surface area (Å²) in [6, 6.07) is 2.02. The van der Waals surface area contributed by atoms with Gasteiger partial charge < -0.3 is 5.43 Å². The fourth-order valence-corrected chi connectivity index (χ4v) is 0.922. The van der Waals surface area contributed by atoms with Crippen LogP contribution in [0.15, 0.2) is 12.3 Å². The number of aryl methyl sites for hydroxylation is 1. The largest absolute Gasteiger partial charge is 0.300 e. The summed E-state index contributed by atoms with van der Waals surface area (Å²) >= 11 is 0. The summed E-state index contributed by atoms with van der Waals surface area (Å²) in [6.45, 7) is 2.01. The molecule has 2 rings (SSSR count). The van der Waals surface area contributed by atoms with Crippen molar-refractivity contribution in [2.24, 2.45) is 0 Å². The van der Waals surface area contributed by atoms with Crippen molar-refractivity contribution in [1.29, 1.82) is 0 Å². The van der Waals surface area contributed by atoms with Crippen LogP contribution in [0.4, 0.5) is 11.5 Å². The summed E-state index contributed by atoms with van der Waals surface area (Å²) in [7, 11) is 0. The Kier molecular flexibility index (Phi) is 1.01. The lowest BCUT2D eigenvalue weighted by atomic mass is 10.3. The summed E-state index contributed by atoms with van der Waals surface area (Å²) in [4.78, 5) is 4.12. The third-order valence-corrected chi connectivity index (χ3v) is 1.40. The maximum Gasteiger partial charge on any atom is 0.166 e. The van der Waals surface area contributed by atoms with E-state index in [1.54, 1.807) is 0 Å². The molecule has 0 amide bonds. The number of aromatic nitrogens is 1. The number of nitrogens with zero attached hydrogens (tertiary/aromatic N) is 1. The number of hydrogen-bond acceptors (Lipinski definition) is 4. The topological polar surface area (TPSA) is 49.0 Å². The summed E-state index contributed by atoms with van der Waals surface area (Å²) in [6.07, 6.45) is 1.82. The van der Waals surface area contributed by atoms with Gasteiger partial charge in [-0.25, -0.2) is 4.98 Å². The number of fused-ring (bicyclic) bond motifs is 1. The molecule has 1 aliphatic rings. The van der Waals surface area contributed by atoms with Crippen molar-refractivity contribution >= 4 is 11.5 Å². The lowest BCUT2D eigenvalue weighted by Gasteiger charge is -1.95. The van der Waals surface area contributed by atoms with E-state index in [1.165, 1.54) is 0 Å². The molecule has 0 spiro atoms. The molecule has 0 bridgehead atoms. The van der Waals surface area contributed by atoms with Crippen LogP contribution in [0, 0.1) is 6.92 Å². The second kappa shape index (κ2) is 1.85. The van der Waals surface area contributed by atoms with Crippen molar-refractivity contribution in [3.8, 4) is 0 Å². The number of anilines is 2. The molecular formula is C6H8N4. The Morgan fingerprint density at radius 1 is 1.40 bits per heavy atom. The van der Waals surface area contributed by atoms with E-state index >= 15 is 0 Å². The van der Waals surface area contributed by atoms with Crippen LogP contribution in [-0.2, 0) is 0 Å². The van der Waals surface area contributed by atoms with Crippen molar-refractivity contribution < 1.29 is 0 Å². The first-order chi connectivity index (χ1) is 4.86. The van der Waals surface area contributed by atoms with Gasteiger partial charge in [0.15, 0.2) is 5.82 Å². The Bertz CT molecular complexity index is 258. The highest BCUT2D eigenvalue weighted by Crippen LogP contribution is 2.21. The minimum absolute atomic E-state index is 0.852. The van der Waals surface area contributed by atoms with Crippen LogP contribution in [-0.4, -0.2) is 4.98 Å². The van der Waals surface area contributed by atoms with Crippen LogP contribution < -0.4 is 16.4 Å². The second-order valence-electron chi connectivity index (χ2n) is 2.28. The molecule has 52 valence electrons. The van der Waals surface area contributed by atoms with Crippen molar-refractivity contribution in [3.63, 3.8) is 0 Å². The third kappa shape index (κ3) is 0.698. The fourth-order valence-electron chi connectivity index (χ4n) is 0.922. The summed E-state index contributed by atoms with van der Waals surface area (Å²) in [5.41, 5.74) is 10.7. The van der Waals surface area contributed by atoms with Crippen molar-refractivity contribution in [2.75, 3.05) is 10.9 Å². The molecule has 1 aromatic heterocycles. The van der Waals surface area contributed by atoms with E-state index in [-0.39, 0.29) is 0 Å². The van der Waals surface area contributed by atoms with Gasteiger partial charge in [-0.3, -0.25) is 5.43 Å². The summed E-state index contributed by atoms with van der Waals surface area (Å²) in [5.74, 6) is 0.852. The maximum atomic E-state index is 4.12. The molecule has 0 radical (unpaired) electrons. The van der Waals surface area contributed by atoms with Crippen LogP contribution in [0.1, 0.15) is 5.56 Å². The molecule has 0 aliphatic carbocycles. The van der Waals surface area contributed by atoms with Gasteiger partial charge in [-0.05, 0) is 18.6 Å². The molecule has 0 fully saturated rings. The Morgan fingerprint density at radius 2 is 2.30 bits per heavy atom. The SMILES string of the molecule is Cc1cnc2c(c1)NNN2. The fraction of sp³-hybridized carbons (Fsp3) is 0.167. The quantitative estimate of drug-likeness (QED) is 0.490. The Labute approximate surface area is 58.6 Å². The normalized spacial score (nSPS) is 13.7. The Morgan fingerprint density at radius 3 is 3.20 bits per heavy atom. The van der Waals surface area contributed by atoms with Crippen molar-refractivity contribution in [1.82, 2.24) is 10.5 Å². The molecule has 0 saturated heterocycles. The number of rotatable bonds is 0. The zero-order valence-electron chi connectivity index (χ0n) is 5.60. The molecule has 0 aromatic carbocycles. The summed E-state index contributed by atoms with van der Waals surface area (Å²) in [5, 5.41) is 0. The van der Waals surface area contributed by atoms with Gasteiger partial charge >= 0.3 is 0 Å². The standard InChI is InChI=1S/C6H8N4/c1-4-2-5-6(7-3-4)9-10-8-5/h2-3,8,10H,1H3,(H,7,9). The minimum atomic E-state index is 0.852. The number of nitrogens with one attached hydrogen (secondary N) is 3. The first-order valence-corrected chi connectivity index (χ1v) is 3.10. The van der Waals surface area contributed by atoms with Crippen LogP contribution in [0.3, 0.4) is 0 Å². The van der Waals surface area contributed by atoms with Gasteiger partial charge in [-0.1, -0.05) is 0 Å². The molecule has 1 aliphatic heterocycles. The van der Waals surface area contributed by atoms with Gasteiger partial charge in [0.05, 0.1) is 5.69 Å². The predicted molar refractivity (Wildman–Crippen MR) is 39.4 cm³/mol. The molecular weight excluding hydrogens is 128 g/mol. The van der Waals surface area contributed by atoms with Gasteiger partial charge in [0, 0.05) is 6.20 Å². The molecule has 0 saturated carbocycles. The van der Waals surface area contributed by atoms with E-state index in [9.17, 15) is 0 Å². The molecule has 0 unspecified atom stereocenters. The Balaban J connectivity index is 2.52. The van der Waals surface area contributed by atoms with Gasteiger partial charge in [-0.2, -0.15) is 0 Å². The van der Waals surface area contributed by atoms with Gasteiger partial charge in [0.25, 0.3) is 0 Å². The zero-order chi connectivity index (χ0) is 6.97. The molecule has 1 aromatic rings. The van der Waals surface area contributed by atoms with Crippen molar-refractivity contribution in [3.05, 3.63) is 17.8 Å². The van der Waals surface area contributed by atoms with E-state index < -0.39 is 0 Å². The average molecular weight is 136 g/mol. The number of pyridine rings is 1. The van der Waals surface area contributed by atoms with E-state index in [2.05, 4.69) is 21.4 Å². The highest BCUT2D eigenvalue weighted by atomic mass is 15.6. The highest BCUT2D eigenvalue weighted by molar-refractivity contribution is 5.67. The molecule has 2 heterocycles. The van der Waals surface area contributed by atoms with Gasteiger partial charge in [0.1, 0.15) is 0 Å². The highest BCUT2D eigenvalue weighted by Gasteiger charge is 2.07. The Hall–Kier alpha value is -1.29. The third-order valence-electron chi connectivity index (χ3n) is 1.40. The molecule has 4 nitrogen and oxygen atoms in total. The minimum Gasteiger partial charge on any atom is -0.300 e. The molecule has 0 atom stereocenters. The number of hydrogen-bond donors (Lipinski definition) is 3. The van der Waals surface area contributed by atoms with E-state index in [1.807, 2.05) is 19.2 Å². The lowest BCUT2D eigenvalue weighted by Crippen LogP contribution is -2.19. The van der Waals surface area contributed by atoms with Crippen LogP contribution in [0.2, 0.25) is 0 Å². The number of hydrazine groups is 2. The maximum absolute atomic E-state index is 4.12. The second-order valence-corrected chi connectivity index (χ2v) is 2.28.